The van der Waals surface area contributed by atoms with Crippen LogP contribution in [0.3, 0.4) is 0 Å². The van der Waals surface area contributed by atoms with Crippen LogP contribution >= 0.6 is 0 Å². The van der Waals surface area contributed by atoms with Crippen molar-refractivity contribution in [3.63, 3.8) is 0 Å². The summed E-state index contributed by atoms with van der Waals surface area (Å²) in [6.45, 7) is 0. The topological polar surface area (TPSA) is 62.8 Å². The molecule has 3 N–H and O–H groups in total. The highest BCUT2D eigenvalue weighted by Crippen LogP contribution is 1.93. The molecule has 0 aromatic heterocycles. The third-order valence-electron chi connectivity index (χ3n) is 1.14. The molecule has 0 saturated heterocycles. The van der Waals surface area contributed by atoms with E-state index in [9.17, 15) is 0 Å². The number of nitrogens with two attached hydrogens (primary N) is 1. The molecule has 0 bridgehead atoms. The lowest BCUT2D eigenvalue weighted by atomic mass is 10.2. The molecule has 4 nitrogen and oxygen atoms in total. The highest BCUT2D eigenvalue weighted by atomic mass is 15.5. The van der Waals surface area contributed by atoms with Gasteiger partial charge in [0.2, 0.25) is 0 Å². The Kier molecular flexibility index (Phi) is 3.19. The number of benzene rings is 1. The number of hydrogen-bond acceptors (Lipinski definition) is 2. The first-order valence-corrected chi connectivity index (χ1v) is 3.34. The van der Waals surface area contributed by atoms with Gasteiger partial charge in [0, 0.05) is 11.6 Å². The molecule has 0 heterocycles. The molecule has 60 valence electrons. The van der Waals surface area contributed by atoms with Gasteiger partial charge in [-0.25, -0.2) is 5.43 Å². The second kappa shape index (κ2) is 4.74. The maximum Gasteiger partial charge on any atom is 0.0337 e. The van der Waals surface area contributed by atoms with Crippen LogP contribution in [-0.4, -0.2) is 0 Å². The van der Waals surface area contributed by atoms with Crippen LogP contribution in [-0.2, 0) is 0 Å². The fourth-order valence-electron chi connectivity index (χ4n) is 0.675. The van der Waals surface area contributed by atoms with E-state index in [1.54, 1.807) is 0 Å². The molecule has 0 unspecified atom stereocenters. The van der Waals surface area contributed by atoms with Crippen molar-refractivity contribution in [2.45, 2.75) is 0 Å². The first-order valence-electron chi connectivity index (χ1n) is 3.34. The minimum absolute atomic E-state index is 0.914. The fraction of sp³-hybridized carbons (Fsp3) is 0. The van der Waals surface area contributed by atoms with Crippen molar-refractivity contribution < 1.29 is 0 Å². The van der Waals surface area contributed by atoms with Crippen LogP contribution in [0.1, 0.15) is 5.56 Å². The molecular formula is C8H8N4. The van der Waals surface area contributed by atoms with E-state index in [0.29, 0.717) is 0 Å². The Bertz CT molecular complexity index is 307. The van der Waals surface area contributed by atoms with Gasteiger partial charge in [-0.05, 0) is 23.3 Å². The zero-order valence-corrected chi connectivity index (χ0v) is 6.36. The van der Waals surface area contributed by atoms with Gasteiger partial charge < -0.3 is 5.84 Å². The van der Waals surface area contributed by atoms with E-state index in [0.717, 1.165) is 5.56 Å². The average Bonchev–Trinajstić information content (AvgIpc) is 2.14. The highest BCUT2D eigenvalue weighted by molar-refractivity contribution is 5.32. The normalized spacial score (nSPS) is 9.00. The number of nitrogens with zero attached hydrogens (tertiary/aromatic N) is 2. The van der Waals surface area contributed by atoms with E-state index in [-0.39, 0.29) is 0 Å². The maximum absolute atomic E-state index is 4.74. The molecule has 0 fully saturated rings. The van der Waals surface area contributed by atoms with Crippen molar-refractivity contribution in [3.8, 4) is 12.0 Å². The summed E-state index contributed by atoms with van der Waals surface area (Å²) < 4.78 is 0. The van der Waals surface area contributed by atoms with Crippen LogP contribution in [0.15, 0.2) is 40.8 Å². The molecule has 0 saturated carbocycles. The Morgan fingerprint density at radius 2 is 2.00 bits per heavy atom. The summed E-state index contributed by atoms with van der Waals surface area (Å²) in [5.74, 6) is 7.55. The van der Waals surface area contributed by atoms with Gasteiger partial charge >= 0.3 is 0 Å². The first-order chi connectivity index (χ1) is 5.93. The van der Waals surface area contributed by atoms with Crippen LogP contribution in [0.25, 0.3) is 0 Å². The first kappa shape index (κ1) is 8.08. The molecule has 0 atom stereocenters. The predicted molar refractivity (Wildman–Crippen MR) is 45.5 cm³/mol. The smallest absolute Gasteiger partial charge is 0.0337 e. The molecule has 0 aliphatic carbocycles. The average molecular weight is 160 g/mol. The quantitative estimate of drug-likeness (QED) is 0.210. The van der Waals surface area contributed by atoms with Crippen molar-refractivity contribution in [2.24, 2.45) is 16.3 Å². The molecule has 4 heteroatoms. The Morgan fingerprint density at radius 1 is 1.25 bits per heavy atom. The van der Waals surface area contributed by atoms with Crippen LogP contribution in [0.5, 0.6) is 0 Å². The summed E-state index contributed by atoms with van der Waals surface area (Å²) in [5.41, 5.74) is 3.27. The minimum atomic E-state index is 0.914. The second-order valence-corrected chi connectivity index (χ2v) is 1.94. The van der Waals surface area contributed by atoms with E-state index < -0.39 is 0 Å². The summed E-state index contributed by atoms with van der Waals surface area (Å²) in [5, 5.41) is 6.24. The van der Waals surface area contributed by atoms with Crippen LogP contribution in [0.2, 0.25) is 0 Å². The second-order valence-electron chi connectivity index (χ2n) is 1.94. The van der Waals surface area contributed by atoms with Crippen molar-refractivity contribution in [1.29, 1.82) is 0 Å². The number of rotatable bonds is 1. The van der Waals surface area contributed by atoms with Gasteiger partial charge in [-0.3, -0.25) is 0 Å². The molecule has 0 aliphatic rings. The summed E-state index contributed by atoms with van der Waals surface area (Å²) >= 11 is 0. The van der Waals surface area contributed by atoms with Crippen molar-refractivity contribution in [2.75, 3.05) is 0 Å². The van der Waals surface area contributed by atoms with Gasteiger partial charge in [0.25, 0.3) is 0 Å². The Morgan fingerprint density at radius 3 is 2.67 bits per heavy atom. The lowest BCUT2D eigenvalue weighted by Gasteiger charge is -1.85. The molecule has 1 aromatic carbocycles. The molecule has 0 aliphatic heterocycles. The van der Waals surface area contributed by atoms with Gasteiger partial charge in [0.05, 0.1) is 0 Å². The van der Waals surface area contributed by atoms with Crippen molar-refractivity contribution >= 4 is 0 Å². The lowest BCUT2D eigenvalue weighted by molar-refractivity contribution is 0.845. The Hall–Kier alpha value is -2.02. The zero-order valence-electron chi connectivity index (χ0n) is 6.36. The molecule has 0 spiro atoms. The minimum Gasteiger partial charge on any atom is -0.303 e. The monoisotopic (exact) mass is 160 g/mol. The fourth-order valence-corrected chi connectivity index (χ4v) is 0.675. The predicted octanol–water partition coefficient (Wildman–Crippen LogP) is 0.826. The van der Waals surface area contributed by atoms with Crippen LogP contribution < -0.4 is 11.3 Å². The van der Waals surface area contributed by atoms with E-state index in [1.165, 1.54) is 0 Å². The van der Waals surface area contributed by atoms with Crippen LogP contribution in [0.4, 0.5) is 0 Å². The summed E-state index contributed by atoms with van der Waals surface area (Å²) in [6.07, 6.45) is 0. The third-order valence-corrected chi connectivity index (χ3v) is 1.14. The number of hydrogen-bond donors (Lipinski definition) is 2. The standard InChI is InChI=1S/C8H8N4/c9-11-12-10-7-6-8-4-2-1-3-5-8/h1-5H,(H2,9,12)(H,10,11). The van der Waals surface area contributed by atoms with Crippen LogP contribution in [0, 0.1) is 12.0 Å². The molecule has 1 aromatic rings. The number of nitrogens with one attached hydrogen (secondary N) is 1. The van der Waals surface area contributed by atoms with Crippen molar-refractivity contribution in [1.82, 2.24) is 5.43 Å². The summed E-state index contributed by atoms with van der Waals surface area (Å²) in [7, 11) is 0. The largest absolute Gasteiger partial charge is 0.303 e. The third kappa shape index (κ3) is 2.71. The molecule has 0 amide bonds. The maximum atomic E-state index is 4.74. The van der Waals surface area contributed by atoms with E-state index in [1.807, 2.05) is 30.3 Å². The summed E-state index contributed by atoms with van der Waals surface area (Å²) in [6, 6.07) is 12.1. The lowest BCUT2D eigenvalue weighted by Crippen LogP contribution is -1.93. The Balaban J connectivity index is 2.55. The van der Waals surface area contributed by atoms with Gasteiger partial charge in [0.15, 0.2) is 0 Å². The van der Waals surface area contributed by atoms with Gasteiger partial charge in [-0.1, -0.05) is 23.4 Å². The van der Waals surface area contributed by atoms with Gasteiger partial charge in [0.1, 0.15) is 0 Å². The van der Waals surface area contributed by atoms with E-state index in [2.05, 4.69) is 27.8 Å². The van der Waals surface area contributed by atoms with Gasteiger partial charge in [-0.2, -0.15) is 0 Å². The van der Waals surface area contributed by atoms with Gasteiger partial charge in [-0.15, -0.1) is 0 Å². The summed E-state index contributed by atoms with van der Waals surface area (Å²) in [4.78, 5) is 0. The highest BCUT2D eigenvalue weighted by Gasteiger charge is 1.79. The Labute approximate surface area is 70.4 Å². The van der Waals surface area contributed by atoms with Crippen molar-refractivity contribution in [3.05, 3.63) is 35.9 Å². The molecule has 0 radical (unpaired) electrons. The molecule has 1 rings (SSSR count). The molecule has 12 heavy (non-hydrogen) atoms. The zero-order chi connectivity index (χ0) is 8.65. The SMILES string of the molecule is NN=NNC#Cc1ccccc1. The van der Waals surface area contributed by atoms with E-state index in [4.69, 9.17) is 5.84 Å². The molecular weight excluding hydrogens is 152 g/mol. The van der Waals surface area contributed by atoms with E-state index >= 15 is 0 Å².